The first-order valence-electron chi connectivity index (χ1n) is 12.4. The number of hydrogen-bond acceptors (Lipinski definition) is 6. The van der Waals surface area contributed by atoms with Crippen LogP contribution in [0.4, 0.5) is 17.6 Å². The van der Waals surface area contributed by atoms with Crippen LogP contribution in [0.2, 0.25) is 0 Å². The molecule has 3 aliphatic rings. The van der Waals surface area contributed by atoms with Gasteiger partial charge in [-0.05, 0) is 56.4 Å². The maximum absolute atomic E-state index is 13.6. The lowest BCUT2D eigenvalue weighted by Crippen LogP contribution is -2.47. The third-order valence-electron chi connectivity index (χ3n) is 6.95. The van der Waals surface area contributed by atoms with Crippen molar-refractivity contribution in [3.05, 3.63) is 47.3 Å². The molecule has 1 aromatic rings. The number of allylic oxidation sites excluding steroid dienone is 2. The predicted molar refractivity (Wildman–Crippen MR) is 131 cm³/mol. The minimum atomic E-state index is -4.36. The molecule has 0 unspecified atom stereocenters. The van der Waals surface area contributed by atoms with Crippen molar-refractivity contribution in [3.8, 4) is 11.5 Å². The summed E-state index contributed by atoms with van der Waals surface area (Å²) in [6.07, 6.45) is 1.06. The SMILES string of the molecule is C=C(/N=C\C(=C/C)N[C@H]1CCN(CCCF)C1)[C@@H]1c2cc3c(cc2C[C@@H](C)N1CC(F)(F)F)OCO3. The summed E-state index contributed by atoms with van der Waals surface area (Å²) in [7, 11) is 0. The summed E-state index contributed by atoms with van der Waals surface area (Å²) < 4.78 is 64.1. The summed E-state index contributed by atoms with van der Waals surface area (Å²) in [5, 5.41) is 3.45. The minimum Gasteiger partial charge on any atom is -0.454 e. The van der Waals surface area contributed by atoms with Crippen molar-refractivity contribution in [2.75, 3.05) is 39.6 Å². The molecule has 36 heavy (non-hydrogen) atoms. The number of alkyl halides is 4. The molecular weight excluding hydrogens is 476 g/mol. The van der Waals surface area contributed by atoms with Gasteiger partial charge in [-0.25, -0.2) is 0 Å². The Labute approximate surface area is 209 Å². The van der Waals surface area contributed by atoms with E-state index in [0.717, 1.165) is 37.3 Å². The standard InChI is InChI=1S/C26H34F4N4O2/c1-4-20(32-21-6-9-33(14-21)8-5-7-27)13-31-18(3)25-22-12-24-23(35-16-36-24)11-19(22)10-17(2)34(25)15-26(28,29)30/h4,11-13,17,21,25,32H,3,5-10,14-16H2,1-2H3/b20-4+,31-13-/t17-,21+,25-/m1/s1. The van der Waals surface area contributed by atoms with Gasteiger partial charge in [-0.3, -0.25) is 14.3 Å². The van der Waals surface area contributed by atoms with E-state index in [2.05, 4.69) is 21.8 Å². The number of fused-ring (bicyclic) bond motifs is 2. The number of rotatable bonds is 9. The molecule has 4 rings (SSSR count). The number of halogens is 4. The lowest BCUT2D eigenvalue weighted by atomic mass is 9.86. The molecule has 0 aliphatic carbocycles. The summed E-state index contributed by atoms with van der Waals surface area (Å²) >= 11 is 0. The van der Waals surface area contributed by atoms with Crippen molar-refractivity contribution in [2.24, 2.45) is 4.99 Å². The van der Waals surface area contributed by atoms with Gasteiger partial charge in [0.2, 0.25) is 6.79 Å². The Hall–Kier alpha value is -2.59. The molecule has 3 atom stereocenters. The third-order valence-corrected chi connectivity index (χ3v) is 6.95. The van der Waals surface area contributed by atoms with Crippen molar-refractivity contribution >= 4 is 6.21 Å². The molecule has 0 bridgehead atoms. The van der Waals surface area contributed by atoms with Gasteiger partial charge >= 0.3 is 6.18 Å². The molecule has 0 aromatic heterocycles. The fourth-order valence-electron chi connectivity index (χ4n) is 5.22. The molecule has 1 aromatic carbocycles. The number of likely N-dealkylation sites (tertiary alicyclic amines) is 1. The van der Waals surface area contributed by atoms with Gasteiger partial charge in [0, 0.05) is 43.6 Å². The van der Waals surface area contributed by atoms with Crippen LogP contribution in [-0.2, 0) is 6.42 Å². The second-order valence-electron chi connectivity index (χ2n) is 9.61. The molecule has 0 radical (unpaired) electrons. The molecule has 198 valence electrons. The first-order chi connectivity index (χ1) is 17.2. The van der Waals surface area contributed by atoms with Crippen molar-refractivity contribution in [1.82, 2.24) is 15.1 Å². The van der Waals surface area contributed by atoms with Gasteiger partial charge < -0.3 is 19.7 Å². The Morgan fingerprint density at radius 2 is 2.03 bits per heavy atom. The average molecular weight is 511 g/mol. The smallest absolute Gasteiger partial charge is 0.401 e. The zero-order chi connectivity index (χ0) is 25.9. The van der Waals surface area contributed by atoms with Crippen LogP contribution in [0.25, 0.3) is 0 Å². The summed E-state index contributed by atoms with van der Waals surface area (Å²) in [4.78, 5) is 8.17. The summed E-state index contributed by atoms with van der Waals surface area (Å²) in [5.41, 5.74) is 2.71. The maximum Gasteiger partial charge on any atom is 0.401 e. The number of nitrogens with zero attached hydrogens (tertiary/aromatic N) is 3. The highest BCUT2D eigenvalue weighted by Gasteiger charge is 2.41. The number of aliphatic imine (C=N–C) groups is 1. The van der Waals surface area contributed by atoms with Gasteiger partial charge in [-0.1, -0.05) is 12.7 Å². The van der Waals surface area contributed by atoms with Crippen LogP contribution in [0.3, 0.4) is 0 Å². The monoisotopic (exact) mass is 510 g/mol. The van der Waals surface area contributed by atoms with Gasteiger partial charge in [-0.2, -0.15) is 13.2 Å². The lowest BCUT2D eigenvalue weighted by molar-refractivity contribution is -0.155. The molecular formula is C26H34F4N4O2. The Bertz CT molecular complexity index is 1010. The number of benzene rings is 1. The summed E-state index contributed by atoms with van der Waals surface area (Å²) in [5.74, 6) is 1.13. The van der Waals surface area contributed by atoms with E-state index < -0.39 is 18.8 Å². The number of hydrogen-bond donors (Lipinski definition) is 1. The van der Waals surface area contributed by atoms with Crippen LogP contribution in [0.15, 0.2) is 41.2 Å². The van der Waals surface area contributed by atoms with Crippen LogP contribution in [-0.4, -0.2) is 73.9 Å². The summed E-state index contributed by atoms with van der Waals surface area (Å²) in [6.45, 7) is 8.91. The van der Waals surface area contributed by atoms with Gasteiger partial charge in [-0.15, -0.1) is 0 Å². The average Bonchev–Trinajstić information content (AvgIpc) is 3.47. The molecule has 0 spiro atoms. The molecule has 0 saturated carbocycles. The minimum absolute atomic E-state index is 0.0898. The zero-order valence-corrected chi connectivity index (χ0v) is 20.8. The van der Waals surface area contributed by atoms with Crippen LogP contribution >= 0.6 is 0 Å². The first kappa shape index (κ1) is 26.5. The Morgan fingerprint density at radius 1 is 1.28 bits per heavy atom. The van der Waals surface area contributed by atoms with E-state index in [4.69, 9.17) is 9.47 Å². The van der Waals surface area contributed by atoms with Crippen molar-refractivity contribution < 1.29 is 27.0 Å². The first-order valence-corrected chi connectivity index (χ1v) is 12.4. The fourth-order valence-corrected chi connectivity index (χ4v) is 5.22. The molecule has 3 heterocycles. The van der Waals surface area contributed by atoms with Gasteiger partial charge in [0.1, 0.15) is 0 Å². The molecule has 6 nitrogen and oxygen atoms in total. The Balaban J connectivity index is 1.53. The maximum atomic E-state index is 13.6. The highest BCUT2D eigenvalue weighted by Crippen LogP contribution is 2.45. The Kier molecular flexibility index (Phi) is 8.24. The topological polar surface area (TPSA) is 49.3 Å². The fraction of sp³-hybridized carbons (Fsp3) is 0.577. The third kappa shape index (κ3) is 6.21. The van der Waals surface area contributed by atoms with Crippen LogP contribution < -0.4 is 14.8 Å². The molecule has 0 amide bonds. The highest BCUT2D eigenvalue weighted by molar-refractivity contribution is 5.78. The zero-order valence-electron chi connectivity index (χ0n) is 20.8. The van der Waals surface area contributed by atoms with E-state index in [1.54, 1.807) is 19.2 Å². The molecule has 3 aliphatic heterocycles. The molecule has 10 heteroatoms. The predicted octanol–water partition coefficient (Wildman–Crippen LogP) is 4.78. The van der Waals surface area contributed by atoms with Crippen molar-refractivity contribution in [1.29, 1.82) is 0 Å². The van der Waals surface area contributed by atoms with E-state index in [1.165, 1.54) is 4.90 Å². The van der Waals surface area contributed by atoms with E-state index in [-0.39, 0.29) is 25.6 Å². The largest absolute Gasteiger partial charge is 0.454 e. The molecule has 1 fully saturated rings. The van der Waals surface area contributed by atoms with Gasteiger partial charge in [0.05, 0.1) is 25.0 Å². The van der Waals surface area contributed by atoms with Crippen LogP contribution in [0.5, 0.6) is 11.5 Å². The van der Waals surface area contributed by atoms with E-state index in [1.807, 2.05) is 19.1 Å². The molecule has 1 saturated heterocycles. The van der Waals surface area contributed by atoms with E-state index in [9.17, 15) is 17.6 Å². The quantitative estimate of drug-likeness (QED) is 0.383. The second kappa shape index (κ2) is 11.2. The van der Waals surface area contributed by atoms with Crippen molar-refractivity contribution in [3.63, 3.8) is 0 Å². The van der Waals surface area contributed by atoms with Gasteiger partial charge in [0.25, 0.3) is 0 Å². The second-order valence-corrected chi connectivity index (χ2v) is 9.61. The molecule has 1 N–H and O–H groups in total. The van der Waals surface area contributed by atoms with Crippen LogP contribution in [0, 0.1) is 0 Å². The van der Waals surface area contributed by atoms with E-state index in [0.29, 0.717) is 35.6 Å². The summed E-state index contributed by atoms with van der Waals surface area (Å²) in [6, 6.07) is 2.70. The lowest BCUT2D eigenvalue weighted by Gasteiger charge is -2.42. The Morgan fingerprint density at radius 3 is 2.72 bits per heavy atom. The number of nitrogens with one attached hydrogen (secondary N) is 1. The van der Waals surface area contributed by atoms with Gasteiger partial charge in [0.15, 0.2) is 11.5 Å². The van der Waals surface area contributed by atoms with E-state index >= 15 is 0 Å². The highest BCUT2D eigenvalue weighted by atomic mass is 19.4. The van der Waals surface area contributed by atoms with Crippen LogP contribution in [0.1, 0.15) is 43.9 Å². The number of ether oxygens (including phenoxy) is 2. The van der Waals surface area contributed by atoms with Crippen molar-refractivity contribution in [2.45, 2.75) is 57.4 Å². The normalized spacial score (nSPS) is 24.9.